The molecule has 0 N–H and O–H groups in total. The molecule has 2 heterocycles. The molecule has 0 bridgehead atoms. The van der Waals surface area contributed by atoms with E-state index >= 15 is 0 Å². The van der Waals surface area contributed by atoms with Crippen molar-refractivity contribution in [1.29, 1.82) is 0 Å². The van der Waals surface area contributed by atoms with Crippen LogP contribution in [0.25, 0.3) is 5.52 Å². The number of hydrogen-bond acceptors (Lipinski definition) is 2. The summed E-state index contributed by atoms with van der Waals surface area (Å²) in [4.78, 5) is 13.7. The van der Waals surface area contributed by atoms with Gasteiger partial charge in [-0.15, -0.1) is 0 Å². The Hall–Kier alpha value is -1.36. The van der Waals surface area contributed by atoms with Gasteiger partial charge in [-0.25, -0.2) is 4.52 Å². The van der Waals surface area contributed by atoms with Gasteiger partial charge in [0.1, 0.15) is 0 Å². The lowest BCUT2D eigenvalue weighted by atomic mass is 10.2. The molecule has 0 radical (unpaired) electrons. The van der Waals surface area contributed by atoms with Gasteiger partial charge in [0.2, 0.25) is 0 Å². The van der Waals surface area contributed by atoms with Crippen molar-refractivity contribution in [3.63, 3.8) is 0 Å². The molecular formula is C11H12BrN3O. The van der Waals surface area contributed by atoms with E-state index in [0.717, 1.165) is 10.8 Å². The van der Waals surface area contributed by atoms with Crippen LogP contribution in [-0.4, -0.2) is 39.3 Å². The summed E-state index contributed by atoms with van der Waals surface area (Å²) in [6.45, 7) is 0.684. The minimum Gasteiger partial charge on any atom is -0.341 e. The Morgan fingerprint density at radius 2 is 2.38 bits per heavy atom. The fourth-order valence-electron chi connectivity index (χ4n) is 1.53. The summed E-state index contributed by atoms with van der Waals surface area (Å²) in [5.41, 5.74) is 1.48. The van der Waals surface area contributed by atoms with E-state index in [0.29, 0.717) is 12.1 Å². The summed E-state index contributed by atoms with van der Waals surface area (Å²) in [6, 6.07) is 5.68. The second-order valence-electron chi connectivity index (χ2n) is 3.50. The number of halogens is 1. The maximum atomic E-state index is 12.1. The van der Waals surface area contributed by atoms with Gasteiger partial charge < -0.3 is 4.90 Å². The van der Waals surface area contributed by atoms with E-state index < -0.39 is 0 Å². The fraction of sp³-hybridized carbons (Fsp3) is 0.273. The molecule has 0 aliphatic rings. The van der Waals surface area contributed by atoms with Crippen molar-refractivity contribution in [1.82, 2.24) is 14.5 Å². The molecule has 0 aliphatic heterocycles. The van der Waals surface area contributed by atoms with Crippen molar-refractivity contribution in [3.8, 4) is 0 Å². The van der Waals surface area contributed by atoms with Crippen LogP contribution in [0.3, 0.4) is 0 Å². The van der Waals surface area contributed by atoms with E-state index in [9.17, 15) is 4.79 Å². The first-order valence-electron chi connectivity index (χ1n) is 4.98. The number of carbonyl (C=O) groups excluding carboxylic acids is 1. The molecule has 0 spiro atoms. The number of hydrogen-bond donors (Lipinski definition) is 0. The van der Waals surface area contributed by atoms with Crippen molar-refractivity contribution in [2.24, 2.45) is 0 Å². The highest BCUT2D eigenvalue weighted by Gasteiger charge is 2.15. The van der Waals surface area contributed by atoms with Gasteiger partial charge in [0.15, 0.2) is 0 Å². The number of carbonyl (C=O) groups is 1. The van der Waals surface area contributed by atoms with E-state index in [1.54, 1.807) is 22.7 Å². The number of pyridine rings is 1. The maximum absolute atomic E-state index is 12.1. The van der Waals surface area contributed by atoms with Gasteiger partial charge in [0.25, 0.3) is 5.91 Å². The molecule has 0 saturated heterocycles. The number of rotatable bonds is 3. The van der Waals surface area contributed by atoms with Crippen LogP contribution in [0.1, 0.15) is 10.4 Å². The van der Waals surface area contributed by atoms with Gasteiger partial charge in [0.05, 0.1) is 17.3 Å². The predicted molar refractivity (Wildman–Crippen MR) is 65.9 cm³/mol. The fourth-order valence-corrected chi connectivity index (χ4v) is 2.07. The minimum absolute atomic E-state index is 0.000602. The Labute approximate surface area is 102 Å². The van der Waals surface area contributed by atoms with Gasteiger partial charge in [0, 0.05) is 25.1 Å². The first kappa shape index (κ1) is 11.1. The Bertz CT molecular complexity index is 509. The lowest BCUT2D eigenvalue weighted by molar-refractivity contribution is 0.0806. The zero-order valence-electron chi connectivity index (χ0n) is 8.93. The lowest BCUT2D eigenvalue weighted by Crippen LogP contribution is -2.28. The first-order valence-corrected chi connectivity index (χ1v) is 6.10. The quantitative estimate of drug-likeness (QED) is 0.805. The highest BCUT2D eigenvalue weighted by atomic mass is 79.9. The topological polar surface area (TPSA) is 37.6 Å². The molecular weight excluding hydrogens is 270 g/mol. The van der Waals surface area contributed by atoms with Crippen molar-refractivity contribution >= 4 is 27.4 Å². The third-order valence-corrected chi connectivity index (χ3v) is 2.78. The molecule has 0 atom stereocenters. The third kappa shape index (κ3) is 1.95. The molecule has 2 aromatic rings. The molecule has 84 valence electrons. The van der Waals surface area contributed by atoms with Crippen molar-refractivity contribution < 1.29 is 4.79 Å². The van der Waals surface area contributed by atoms with Crippen LogP contribution in [-0.2, 0) is 0 Å². The predicted octanol–water partition coefficient (Wildman–Crippen LogP) is 1.80. The van der Waals surface area contributed by atoms with Crippen molar-refractivity contribution in [3.05, 3.63) is 36.2 Å². The van der Waals surface area contributed by atoms with Crippen LogP contribution in [0.5, 0.6) is 0 Å². The van der Waals surface area contributed by atoms with E-state index in [1.807, 2.05) is 24.4 Å². The summed E-state index contributed by atoms with van der Waals surface area (Å²) in [6.07, 6.45) is 3.44. The molecule has 2 rings (SSSR count). The van der Waals surface area contributed by atoms with Gasteiger partial charge in [-0.3, -0.25) is 4.79 Å². The van der Waals surface area contributed by atoms with E-state index in [2.05, 4.69) is 21.0 Å². The summed E-state index contributed by atoms with van der Waals surface area (Å²) in [5, 5.41) is 4.91. The van der Waals surface area contributed by atoms with Crippen LogP contribution in [0.4, 0.5) is 0 Å². The SMILES string of the molecule is CN(CCBr)C(=O)c1cnn2ccccc12. The van der Waals surface area contributed by atoms with Gasteiger partial charge >= 0.3 is 0 Å². The van der Waals surface area contributed by atoms with Crippen LogP contribution in [0.15, 0.2) is 30.6 Å². The van der Waals surface area contributed by atoms with Gasteiger partial charge in [-0.2, -0.15) is 5.10 Å². The van der Waals surface area contributed by atoms with E-state index in [1.165, 1.54) is 0 Å². The van der Waals surface area contributed by atoms with Crippen molar-refractivity contribution in [2.45, 2.75) is 0 Å². The van der Waals surface area contributed by atoms with E-state index in [4.69, 9.17) is 0 Å². The van der Waals surface area contributed by atoms with Crippen LogP contribution >= 0.6 is 15.9 Å². The van der Waals surface area contributed by atoms with Crippen LogP contribution < -0.4 is 0 Å². The Kier molecular flexibility index (Phi) is 3.24. The number of nitrogens with zero attached hydrogens (tertiary/aromatic N) is 3. The third-order valence-electron chi connectivity index (χ3n) is 2.42. The number of fused-ring (bicyclic) bond motifs is 1. The zero-order chi connectivity index (χ0) is 11.5. The number of amides is 1. The Morgan fingerprint density at radius 1 is 1.56 bits per heavy atom. The van der Waals surface area contributed by atoms with Gasteiger partial charge in [-0.05, 0) is 12.1 Å². The highest BCUT2D eigenvalue weighted by molar-refractivity contribution is 9.09. The highest BCUT2D eigenvalue weighted by Crippen LogP contribution is 2.12. The average Bonchev–Trinajstić information content (AvgIpc) is 2.72. The molecule has 0 unspecified atom stereocenters. The van der Waals surface area contributed by atoms with Crippen LogP contribution in [0.2, 0.25) is 0 Å². The second kappa shape index (κ2) is 4.65. The monoisotopic (exact) mass is 281 g/mol. The van der Waals surface area contributed by atoms with Crippen LogP contribution in [0, 0.1) is 0 Å². The lowest BCUT2D eigenvalue weighted by Gasteiger charge is -2.14. The molecule has 0 saturated carbocycles. The largest absolute Gasteiger partial charge is 0.341 e. The van der Waals surface area contributed by atoms with Gasteiger partial charge in [-0.1, -0.05) is 22.0 Å². The molecule has 5 heteroatoms. The molecule has 16 heavy (non-hydrogen) atoms. The first-order chi connectivity index (χ1) is 7.74. The smallest absolute Gasteiger partial charge is 0.257 e. The molecule has 4 nitrogen and oxygen atoms in total. The van der Waals surface area contributed by atoms with Crippen molar-refractivity contribution in [2.75, 3.05) is 18.9 Å². The maximum Gasteiger partial charge on any atom is 0.257 e. The summed E-state index contributed by atoms with van der Waals surface area (Å²) < 4.78 is 1.70. The summed E-state index contributed by atoms with van der Waals surface area (Å²) in [5.74, 6) is 0.000602. The normalized spacial score (nSPS) is 10.6. The summed E-state index contributed by atoms with van der Waals surface area (Å²) >= 11 is 3.32. The molecule has 1 amide bonds. The number of aromatic nitrogens is 2. The molecule has 0 aliphatic carbocycles. The average molecular weight is 282 g/mol. The number of alkyl halides is 1. The molecule has 0 aromatic carbocycles. The van der Waals surface area contributed by atoms with E-state index in [-0.39, 0.29) is 5.91 Å². The Morgan fingerprint density at radius 3 is 3.12 bits per heavy atom. The Balaban J connectivity index is 2.36. The summed E-state index contributed by atoms with van der Waals surface area (Å²) in [7, 11) is 1.79. The molecule has 0 fully saturated rings. The molecule has 2 aromatic heterocycles. The second-order valence-corrected chi connectivity index (χ2v) is 4.30. The minimum atomic E-state index is 0.000602. The standard InChI is InChI=1S/C11H12BrN3O/c1-14(7-5-12)11(16)9-8-13-15-6-3-2-4-10(9)15/h2-4,6,8H,5,7H2,1H3. The zero-order valence-corrected chi connectivity index (χ0v) is 10.5.